The van der Waals surface area contributed by atoms with Crippen molar-refractivity contribution < 1.29 is 0 Å². The SMILES string of the molecule is CC(CN)N(C)c1ncnc2c1CCCCC2. The molecule has 1 aliphatic carbocycles. The van der Waals surface area contributed by atoms with Gasteiger partial charge >= 0.3 is 0 Å². The van der Waals surface area contributed by atoms with Crippen molar-refractivity contribution in [2.75, 3.05) is 18.5 Å². The van der Waals surface area contributed by atoms with Crippen molar-refractivity contribution in [3.8, 4) is 0 Å². The molecule has 1 aliphatic rings. The fourth-order valence-electron chi connectivity index (χ4n) is 2.35. The molecule has 1 aromatic heterocycles. The molecule has 1 atom stereocenters. The van der Waals surface area contributed by atoms with E-state index in [-0.39, 0.29) is 0 Å². The third kappa shape index (κ3) is 2.57. The molecule has 0 saturated carbocycles. The van der Waals surface area contributed by atoms with E-state index in [2.05, 4.69) is 28.8 Å². The minimum absolute atomic E-state index is 0.317. The number of hydrogen-bond acceptors (Lipinski definition) is 4. The lowest BCUT2D eigenvalue weighted by Crippen LogP contribution is -2.36. The molecule has 0 bridgehead atoms. The molecule has 17 heavy (non-hydrogen) atoms. The topological polar surface area (TPSA) is 55.0 Å². The molecule has 4 heteroatoms. The molecule has 1 unspecified atom stereocenters. The Morgan fingerprint density at radius 2 is 2.06 bits per heavy atom. The molecule has 0 amide bonds. The van der Waals surface area contributed by atoms with Crippen LogP contribution in [0.5, 0.6) is 0 Å². The average molecular weight is 234 g/mol. The van der Waals surface area contributed by atoms with Gasteiger partial charge in [0.05, 0.1) is 0 Å². The summed E-state index contributed by atoms with van der Waals surface area (Å²) in [5.41, 5.74) is 8.31. The van der Waals surface area contributed by atoms with Gasteiger partial charge in [0.15, 0.2) is 0 Å². The lowest BCUT2D eigenvalue weighted by Gasteiger charge is -2.27. The monoisotopic (exact) mass is 234 g/mol. The van der Waals surface area contributed by atoms with Gasteiger partial charge in [0.2, 0.25) is 0 Å². The van der Waals surface area contributed by atoms with Crippen LogP contribution in [-0.2, 0) is 12.8 Å². The highest BCUT2D eigenvalue weighted by atomic mass is 15.2. The molecule has 0 spiro atoms. The van der Waals surface area contributed by atoms with E-state index in [1.807, 2.05) is 0 Å². The Bertz CT molecular complexity index is 378. The van der Waals surface area contributed by atoms with Gasteiger partial charge in [-0.05, 0) is 32.6 Å². The lowest BCUT2D eigenvalue weighted by molar-refractivity contribution is 0.678. The molecular weight excluding hydrogens is 212 g/mol. The van der Waals surface area contributed by atoms with Crippen molar-refractivity contribution in [2.45, 2.75) is 45.1 Å². The highest BCUT2D eigenvalue weighted by Crippen LogP contribution is 2.26. The quantitative estimate of drug-likeness (QED) is 0.806. The van der Waals surface area contributed by atoms with Gasteiger partial charge in [0.25, 0.3) is 0 Å². The van der Waals surface area contributed by atoms with Crippen molar-refractivity contribution in [3.63, 3.8) is 0 Å². The molecule has 0 aromatic carbocycles. The Hall–Kier alpha value is -1.16. The second-order valence-electron chi connectivity index (χ2n) is 4.88. The van der Waals surface area contributed by atoms with Crippen molar-refractivity contribution >= 4 is 5.82 Å². The third-order valence-corrected chi connectivity index (χ3v) is 3.69. The van der Waals surface area contributed by atoms with Crippen molar-refractivity contribution in [1.82, 2.24) is 9.97 Å². The van der Waals surface area contributed by atoms with Gasteiger partial charge in [0, 0.05) is 30.9 Å². The van der Waals surface area contributed by atoms with E-state index in [0.29, 0.717) is 12.6 Å². The lowest BCUT2D eigenvalue weighted by atomic mass is 10.1. The average Bonchev–Trinajstić information content (AvgIpc) is 2.61. The number of nitrogens with two attached hydrogens (primary N) is 1. The van der Waals surface area contributed by atoms with Gasteiger partial charge < -0.3 is 10.6 Å². The van der Waals surface area contributed by atoms with E-state index in [9.17, 15) is 0 Å². The molecular formula is C13H22N4. The van der Waals surface area contributed by atoms with Crippen LogP contribution < -0.4 is 10.6 Å². The second kappa shape index (κ2) is 5.45. The number of anilines is 1. The predicted octanol–water partition coefficient (Wildman–Crippen LogP) is 1.53. The fourth-order valence-corrected chi connectivity index (χ4v) is 2.35. The summed E-state index contributed by atoms with van der Waals surface area (Å²) in [6.07, 6.45) is 7.69. The summed E-state index contributed by atoms with van der Waals surface area (Å²) in [6.45, 7) is 2.78. The first-order valence-corrected chi connectivity index (χ1v) is 6.49. The molecule has 4 nitrogen and oxygen atoms in total. The van der Waals surface area contributed by atoms with Gasteiger partial charge in [-0.15, -0.1) is 0 Å². The number of aromatic nitrogens is 2. The first kappa shape index (κ1) is 12.3. The molecule has 0 fully saturated rings. The molecule has 0 saturated heterocycles. The molecule has 0 radical (unpaired) electrons. The standard InChI is InChI=1S/C13H22N4/c1-10(8-14)17(2)13-11-6-4-3-5-7-12(11)15-9-16-13/h9-10H,3-8,14H2,1-2H3. The number of fused-ring (bicyclic) bond motifs is 1. The summed E-state index contributed by atoms with van der Waals surface area (Å²) >= 11 is 0. The summed E-state index contributed by atoms with van der Waals surface area (Å²) in [6, 6.07) is 0.317. The molecule has 2 rings (SSSR count). The Balaban J connectivity index is 2.34. The van der Waals surface area contributed by atoms with Crippen LogP contribution in [0.15, 0.2) is 6.33 Å². The first-order chi connectivity index (χ1) is 8.24. The van der Waals surface area contributed by atoms with Crippen molar-refractivity contribution in [1.29, 1.82) is 0 Å². The van der Waals surface area contributed by atoms with Gasteiger partial charge in [-0.2, -0.15) is 0 Å². The summed E-state index contributed by atoms with van der Waals surface area (Å²) in [4.78, 5) is 11.1. The van der Waals surface area contributed by atoms with Gasteiger partial charge in [-0.1, -0.05) is 6.42 Å². The zero-order chi connectivity index (χ0) is 12.3. The Labute approximate surface area is 103 Å². The largest absolute Gasteiger partial charge is 0.355 e. The van der Waals surface area contributed by atoms with E-state index in [0.717, 1.165) is 18.7 Å². The number of nitrogens with zero attached hydrogens (tertiary/aromatic N) is 3. The minimum Gasteiger partial charge on any atom is -0.355 e. The zero-order valence-electron chi connectivity index (χ0n) is 10.8. The van der Waals surface area contributed by atoms with E-state index in [1.54, 1.807) is 6.33 Å². The minimum atomic E-state index is 0.317. The maximum absolute atomic E-state index is 5.73. The van der Waals surface area contributed by atoms with Gasteiger partial charge in [-0.25, -0.2) is 9.97 Å². The Kier molecular flexibility index (Phi) is 3.94. The first-order valence-electron chi connectivity index (χ1n) is 6.49. The Morgan fingerprint density at radius 3 is 2.82 bits per heavy atom. The highest BCUT2D eigenvalue weighted by Gasteiger charge is 2.18. The van der Waals surface area contributed by atoms with Crippen LogP contribution >= 0.6 is 0 Å². The number of rotatable bonds is 3. The van der Waals surface area contributed by atoms with Gasteiger partial charge in [-0.3, -0.25) is 0 Å². The Morgan fingerprint density at radius 1 is 1.29 bits per heavy atom. The maximum atomic E-state index is 5.73. The molecule has 1 aromatic rings. The summed E-state index contributed by atoms with van der Waals surface area (Å²) in [7, 11) is 2.07. The van der Waals surface area contributed by atoms with Crippen LogP contribution in [0.4, 0.5) is 5.82 Å². The van der Waals surface area contributed by atoms with Crippen LogP contribution in [0.1, 0.15) is 37.4 Å². The molecule has 94 valence electrons. The molecule has 1 heterocycles. The van der Waals surface area contributed by atoms with Crippen LogP contribution in [0.3, 0.4) is 0 Å². The maximum Gasteiger partial charge on any atom is 0.135 e. The highest BCUT2D eigenvalue weighted by molar-refractivity contribution is 5.49. The van der Waals surface area contributed by atoms with Gasteiger partial charge in [0.1, 0.15) is 12.1 Å². The second-order valence-corrected chi connectivity index (χ2v) is 4.88. The normalized spacial score (nSPS) is 17.1. The van der Waals surface area contributed by atoms with E-state index < -0.39 is 0 Å². The smallest absolute Gasteiger partial charge is 0.135 e. The predicted molar refractivity (Wildman–Crippen MR) is 70.2 cm³/mol. The summed E-state index contributed by atoms with van der Waals surface area (Å²) < 4.78 is 0. The van der Waals surface area contributed by atoms with Crippen LogP contribution in [-0.4, -0.2) is 29.6 Å². The van der Waals surface area contributed by atoms with Crippen molar-refractivity contribution in [2.24, 2.45) is 5.73 Å². The molecule has 0 aliphatic heterocycles. The molecule has 2 N–H and O–H groups in total. The van der Waals surface area contributed by atoms with E-state index in [1.165, 1.54) is 30.5 Å². The number of hydrogen-bond donors (Lipinski definition) is 1. The zero-order valence-corrected chi connectivity index (χ0v) is 10.8. The van der Waals surface area contributed by atoms with Crippen LogP contribution in [0.2, 0.25) is 0 Å². The third-order valence-electron chi connectivity index (χ3n) is 3.69. The van der Waals surface area contributed by atoms with Crippen LogP contribution in [0, 0.1) is 0 Å². The summed E-state index contributed by atoms with van der Waals surface area (Å²) in [5, 5.41) is 0. The van der Waals surface area contributed by atoms with E-state index >= 15 is 0 Å². The number of likely N-dealkylation sites (N-methyl/N-ethyl adjacent to an activating group) is 1. The van der Waals surface area contributed by atoms with Crippen molar-refractivity contribution in [3.05, 3.63) is 17.6 Å². The number of aryl methyl sites for hydroxylation is 1. The van der Waals surface area contributed by atoms with E-state index in [4.69, 9.17) is 5.73 Å². The van der Waals surface area contributed by atoms with Crippen LogP contribution in [0.25, 0.3) is 0 Å². The summed E-state index contributed by atoms with van der Waals surface area (Å²) in [5.74, 6) is 1.08. The fraction of sp³-hybridized carbons (Fsp3) is 0.692.